The minimum atomic E-state index is -1.72. The number of nitro benzene ring substituents is 1. The molecule has 0 bridgehead atoms. The first-order valence-corrected chi connectivity index (χ1v) is 6.01. The molecular formula is C14H9F3N2O3. The fourth-order valence-corrected chi connectivity index (χ4v) is 1.76. The number of rotatable bonds is 3. The van der Waals surface area contributed by atoms with Gasteiger partial charge in [-0.3, -0.25) is 14.9 Å². The van der Waals surface area contributed by atoms with Crippen LogP contribution in [0, 0.1) is 34.5 Å². The molecule has 5 nitrogen and oxygen atoms in total. The summed E-state index contributed by atoms with van der Waals surface area (Å²) in [6.07, 6.45) is 0. The molecule has 0 radical (unpaired) electrons. The fourth-order valence-electron chi connectivity index (χ4n) is 1.76. The van der Waals surface area contributed by atoms with E-state index >= 15 is 0 Å². The van der Waals surface area contributed by atoms with E-state index in [-0.39, 0.29) is 11.3 Å². The van der Waals surface area contributed by atoms with Crippen molar-refractivity contribution in [3.63, 3.8) is 0 Å². The van der Waals surface area contributed by atoms with Crippen LogP contribution in [0.15, 0.2) is 30.3 Å². The lowest BCUT2D eigenvalue weighted by atomic mass is 10.1. The van der Waals surface area contributed by atoms with Crippen molar-refractivity contribution < 1.29 is 22.9 Å². The predicted molar refractivity (Wildman–Crippen MR) is 72.1 cm³/mol. The molecule has 0 saturated heterocycles. The molecule has 114 valence electrons. The fraction of sp³-hybridized carbons (Fsp3) is 0.0714. The topological polar surface area (TPSA) is 72.2 Å². The van der Waals surface area contributed by atoms with Crippen molar-refractivity contribution in [1.82, 2.24) is 0 Å². The molecule has 0 atom stereocenters. The summed E-state index contributed by atoms with van der Waals surface area (Å²) in [5.74, 6) is -5.53. The van der Waals surface area contributed by atoms with Crippen LogP contribution in [-0.4, -0.2) is 10.8 Å². The maximum Gasteiger partial charge on any atom is 0.273 e. The summed E-state index contributed by atoms with van der Waals surface area (Å²) in [6, 6.07) is 5.19. The minimum Gasteiger partial charge on any atom is -0.319 e. The molecule has 2 aromatic rings. The van der Waals surface area contributed by atoms with Gasteiger partial charge in [0.2, 0.25) is 0 Å². The van der Waals surface area contributed by atoms with Crippen LogP contribution in [0.4, 0.5) is 24.5 Å². The molecule has 0 aliphatic heterocycles. The van der Waals surface area contributed by atoms with Crippen LogP contribution in [0.25, 0.3) is 0 Å². The highest BCUT2D eigenvalue weighted by Gasteiger charge is 2.18. The zero-order valence-electron chi connectivity index (χ0n) is 11.2. The van der Waals surface area contributed by atoms with E-state index in [0.717, 1.165) is 12.1 Å². The molecule has 0 saturated carbocycles. The number of anilines is 1. The molecule has 0 heterocycles. The van der Waals surface area contributed by atoms with E-state index < -0.39 is 34.0 Å². The molecule has 1 N–H and O–H groups in total. The molecule has 1 amide bonds. The van der Waals surface area contributed by atoms with E-state index in [1.807, 2.05) is 5.32 Å². The third-order valence-electron chi connectivity index (χ3n) is 2.95. The van der Waals surface area contributed by atoms with E-state index in [2.05, 4.69) is 0 Å². The Morgan fingerprint density at radius 3 is 2.45 bits per heavy atom. The van der Waals surface area contributed by atoms with Gasteiger partial charge in [-0.15, -0.1) is 0 Å². The van der Waals surface area contributed by atoms with Crippen LogP contribution in [0.5, 0.6) is 0 Å². The molecule has 0 spiro atoms. The van der Waals surface area contributed by atoms with Gasteiger partial charge in [-0.1, -0.05) is 6.07 Å². The number of aryl methyl sites for hydroxylation is 1. The van der Waals surface area contributed by atoms with E-state index in [0.29, 0.717) is 11.6 Å². The number of nitrogens with one attached hydrogen (secondary N) is 1. The molecule has 0 aliphatic rings. The Morgan fingerprint density at radius 1 is 1.14 bits per heavy atom. The number of amides is 1. The SMILES string of the molecule is Cc1ccc(C(=O)Nc2ccc(F)c(F)c2F)cc1[N+](=O)[O-]. The first-order valence-electron chi connectivity index (χ1n) is 6.01. The lowest BCUT2D eigenvalue weighted by Gasteiger charge is -2.08. The van der Waals surface area contributed by atoms with Crippen LogP contribution >= 0.6 is 0 Å². The van der Waals surface area contributed by atoms with Gasteiger partial charge in [0.25, 0.3) is 11.6 Å². The molecule has 2 rings (SSSR count). The second kappa shape index (κ2) is 5.84. The average molecular weight is 310 g/mol. The Bertz CT molecular complexity index is 778. The summed E-state index contributed by atoms with van der Waals surface area (Å²) < 4.78 is 39.4. The smallest absolute Gasteiger partial charge is 0.273 e. The van der Waals surface area contributed by atoms with E-state index in [9.17, 15) is 28.1 Å². The van der Waals surface area contributed by atoms with E-state index in [4.69, 9.17) is 0 Å². The maximum atomic E-state index is 13.5. The van der Waals surface area contributed by atoms with Crippen LogP contribution in [0.3, 0.4) is 0 Å². The molecule has 0 aliphatic carbocycles. The van der Waals surface area contributed by atoms with Gasteiger partial charge in [0.15, 0.2) is 17.5 Å². The second-order valence-corrected chi connectivity index (χ2v) is 4.44. The molecule has 0 fully saturated rings. The van der Waals surface area contributed by atoms with Gasteiger partial charge in [-0.2, -0.15) is 0 Å². The Balaban J connectivity index is 2.32. The number of nitrogens with zero attached hydrogens (tertiary/aromatic N) is 1. The average Bonchev–Trinajstić information content (AvgIpc) is 2.48. The van der Waals surface area contributed by atoms with Crippen LogP contribution in [0.1, 0.15) is 15.9 Å². The quantitative estimate of drug-likeness (QED) is 0.535. The number of carbonyl (C=O) groups excluding carboxylic acids is 1. The first-order chi connectivity index (χ1) is 10.3. The molecule has 8 heteroatoms. The van der Waals surface area contributed by atoms with Crippen LogP contribution < -0.4 is 5.32 Å². The summed E-state index contributed by atoms with van der Waals surface area (Å²) in [5.41, 5.74) is -0.604. The van der Waals surface area contributed by atoms with Crippen molar-refractivity contribution >= 4 is 17.3 Å². The Kier molecular flexibility index (Phi) is 4.11. The van der Waals surface area contributed by atoms with Crippen molar-refractivity contribution in [3.8, 4) is 0 Å². The van der Waals surface area contributed by atoms with Gasteiger partial charge in [0, 0.05) is 17.2 Å². The van der Waals surface area contributed by atoms with Crippen molar-refractivity contribution in [3.05, 3.63) is 69.0 Å². The van der Waals surface area contributed by atoms with Gasteiger partial charge >= 0.3 is 0 Å². The van der Waals surface area contributed by atoms with E-state index in [1.165, 1.54) is 19.1 Å². The zero-order chi connectivity index (χ0) is 16.4. The Morgan fingerprint density at radius 2 is 1.82 bits per heavy atom. The first kappa shape index (κ1) is 15.5. The lowest BCUT2D eigenvalue weighted by molar-refractivity contribution is -0.385. The molecule has 0 unspecified atom stereocenters. The van der Waals surface area contributed by atoms with E-state index in [1.54, 1.807) is 0 Å². The summed E-state index contributed by atoms with van der Waals surface area (Å²) in [4.78, 5) is 22.1. The normalized spacial score (nSPS) is 10.4. The zero-order valence-corrected chi connectivity index (χ0v) is 11.2. The highest BCUT2D eigenvalue weighted by molar-refractivity contribution is 6.04. The summed E-state index contributed by atoms with van der Waals surface area (Å²) in [6.45, 7) is 1.49. The number of carbonyl (C=O) groups is 1. The van der Waals surface area contributed by atoms with Gasteiger partial charge in [0.1, 0.15) is 0 Å². The molecule has 22 heavy (non-hydrogen) atoms. The maximum absolute atomic E-state index is 13.5. The number of halogens is 3. The highest BCUT2D eigenvalue weighted by atomic mass is 19.2. The number of nitro groups is 1. The molecule has 2 aromatic carbocycles. The van der Waals surface area contributed by atoms with Gasteiger partial charge in [0.05, 0.1) is 10.6 Å². The second-order valence-electron chi connectivity index (χ2n) is 4.44. The number of hydrogen-bond acceptors (Lipinski definition) is 3. The largest absolute Gasteiger partial charge is 0.319 e. The van der Waals surface area contributed by atoms with Gasteiger partial charge < -0.3 is 5.32 Å². The summed E-state index contributed by atoms with van der Waals surface area (Å²) in [5, 5.41) is 12.9. The van der Waals surface area contributed by atoms with Crippen LogP contribution in [-0.2, 0) is 0 Å². The van der Waals surface area contributed by atoms with Gasteiger partial charge in [-0.05, 0) is 25.1 Å². The predicted octanol–water partition coefficient (Wildman–Crippen LogP) is 3.57. The molecular weight excluding hydrogens is 301 g/mol. The third kappa shape index (κ3) is 2.90. The van der Waals surface area contributed by atoms with Crippen molar-refractivity contribution in [1.29, 1.82) is 0 Å². The highest BCUT2D eigenvalue weighted by Crippen LogP contribution is 2.22. The summed E-state index contributed by atoms with van der Waals surface area (Å²) in [7, 11) is 0. The standard InChI is InChI=1S/C14H9F3N2O3/c1-7-2-3-8(6-11(7)19(21)22)14(20)18-10-5-4-9(15)12(16)13(10)17/h2-6H,1H3,(H,18,20). The Hall–Kier alpha value is -2.90. The van der Waals surface area contributed by atoms with Crippen molar-refractivity contribution in [2.45, 2.75) is 6.92 Å². The Labute approximate surface area is 122 Å². The van der Waals surface area contributed by atoms with Crippen molar-refractivity contribution in [2.75, 3.05) is 5.32 Å². The lowest BCUT2D eigenvalue weighted by Crippen LogP contribution is -2.14. The van der Waals surface area contributed by atoms with Crippen LogP contribution in [0.2, 0.25) is 0 Å². The minimum absolute atomic E-state index is 0.110. The third-order valence-corrected chi connectivity index (χ3v) is 2.95. The summed E-state index contributed by atoms with van der Waals surface area (Å²) >= 11 is 0. The molecule has 0 aromatic heterocycles. The number of benzene rings is 2. The van der Waals surface area contributed by atoms with Gasteiger partial charge in [-0.25, -0.2) is 13.2 Å². The number of hydrogen-bond donors (Lipinski definition) is 1. The monoisotopic (exact) mass is 310 g/mol. The van der Waals surface area contributed by atoms with Crippen molar-refractivity contribution in [2.24, 2.45) is 0 Å².